The summed E-state index contributed by atoms with van der Waals surface area (Å²) in [6.07, 6.45) is 12.6. The zero-order valence-corrected chi connectivity index (χ0v) is 17.7. The molecule has 0 aliphatic heterocycles. The first-order chi connectivity index (χ1) is 13.9. The van der Waals surface area contributed by atoms with Gasteiger partial charge in [0.2, 0.25) is 0 Å². The lowest BCUT2D eigenvalue weighted by atomic mass is 9.77. The number of nitrogens with one attached hydrogen (secondary N) is 1. The third-order valence-electron chi connectivity index (χ3n) is 5.23. The average Bonchev–Trinajstić information content (AvgIpc) is 3.00. The maximum Gasteiger partial charge on any atom is 0.180 e. The summed E-state index contributed by atoms with van der Waals surface area (Å²) in [6, 6.07) is 0. The van der Waals surface area contributed by atoms with Crippen LogP contribution in [-0.2, 0) is 17.8 Å². The molecule has 3 heterocycles. The van der Waals surface area contributed by atoms with E-state index in [1.54, 1.807) is 24.6 Å². The van der Waals surface area contributed by atoms with Gasteiger partial charge in [0.05, 0.1) is 38.6 Å². The minimum absolute atomic E-state index is 0.0190. The van der Waals surface area contributed by atoms with Crippen molar-refractivity contribution < 1.29 is 9.32 Å². The highest BCUT2D eigenvalue weighted by molar-refractivity contribution is 7.84. The van der Waals surface area contributed by atoms with Crippen LogP contribution in [0.25, 0.3) is 23.3 Å². The molecule has 1 aliphatic rings. The van der Waals surface area contributed by atoms with E-state index in [2.05, 4.69) is 25.3 Å². The molecular weight excluding hydrogens is 412 g/mol. The first-order valence-corrected chi connectivity index (χ1v) is 11.1. The molecule has 0 bridgehead atoms. The van der Waals surface area contributed by atoms with E-state index in [1.807, 2.05) is 11.6 Å². The van der Waals surface area contributed by atoms with E-state index < -0.39 is 10.8 Å². The van der Waals surface area contributed by atoms with Crippen molar-refractivity contribution in [3.05, 3.63) is 35.3 Å². The number of aromatic nitrogens is 5. The molecule has 0 radical (unpaired) electrons. The lowest BCUT2D eigenvalue weighted by Crippen LogP contribution is -2.48. The van der Waals surface area contributed by atoms with Crippen molar-refractivity contribution in [2.24, 2.45) is 7.05 Å². The Balaban J connectivity index is 1.79. The molecule has 1 fully saturated rings. The first kappa shape index (κ1) is 19.9. The summed E-state index contributed by atoms with van der Waals surface area (Å²) in [5, 5.41) is 13.8. The van der Waals surface area contributed by atoms with E-state index in [9.17, 15) is 9.32 Å². The molecule has 10 heteroatoms. The van der Waals surface area contributed by atoms with Crippen LogP contribution in [0.2, 0.25) is 5.02 Å². The summed E-state index contributed by atoms with van der Waals surface area (Å²) in [5.41, 5.74) is 1.60. The Kier molecular flexibility index (Phi) is 5.37. The van der Waals surface area contributed by atoms with Crippen LogP contribution in [0.4, 0.5) is 5.69 Å². The minimum atomic E-state index is -1.24. The van der Waals surface area contributed by atoms with Gasteiger partial charge in [-0.05, 0) is 31.4 Å². The van der Waals surface area contributed by atoms with Gasteiger partial charge in [-0.1, -0.05) is 11.6 Å². The quantitative estimate of drug-likeness (QED) is 0.616. The van der Waals surface area contributed by atoms with Gasteiger partial charge in [0.1, 0.15) is 11.3 Å². The highest BCUT2D eigenvalue weighted by atomic mass is 35.5. The molecule has 152 valence electrons. The first-order valence-electron chi connectivity index (χ1n) is 9.16. The maximum absolute atomic E-state index is 12.3. The van der Waals surface area contributed by atoms with Gasteiger partial charge < -0.3 is 15.0 Å². The Morgan fingerprint density at radius 3 is 2.59 bits per heavy atom. The van der Waals surface area contributed by atoms with Gasteiger partial charge in [-0.25, -0.2) is 19.9 Å². The molecule has 1 unspecified atom stereocenters. The number of aliphatic hydroxyl groups is 1. The standard InChI is InChI=1S/C19H21ClN6O2S/c1-26-15(5-4-14-21-8-12(20)9-22-14)24-18-17(26)16(13(10-23-18)29(2)28)25-19(11-27)6-3-7-19/h4-5,8-10,27H,3,6-7,11H2,1-2H3,(H,23,25)/b5-4+. The van der Waals surface area contributed by atoms with Gasteiger partial charge in [-0.15, -0.1) is 0 Å². The van der Waals surface area contributed by atoms with Crippen molar-refractivity contribution in [1.82, 2.24) is 24.5 Å². The number of fused-ring (bicyclic) bond motifs is 1. The Labute approximate surface area is 175 Å². The predicted molar refractivity (Wildman–Crippen MR) is 114 cm³/mol. The van der Waals surface area contributed by atoms with Crippen molar-refractivity contribution in [3.63, 3.8) is 0 Å². The van der Waals surface area contributed by atoms with Crippen LogP contribution in [0.15, 0.2) is 23.5 Å². The Bertz CT molecular complexity index is 1100. The smallest absolute Gasteiger partial charge is 0.180 e. The van der Waals surface area contributed by atoms with E-state index in [0.29, 0.717) is 32.9 Å². The summed E-state index contributed by atoms with van der Waals surface area (Å²) in [6.45, 7) is 0.0190. The summed E-state index contributed by atoms with van der Waals surface area (Å²) < 4.78 is 14.2. The van der Waals surface area contributed by atoms with Gasteiger partial charge in [0.25, 0.3) is 0 Å². The number of pyridine rings is 1. The number of hydrogen-bond acceptors (Lipinski definition) is 7. The highest BCUT2D eigenvalue weighted by Crippen LogP contribution is 2.39. The van der Waals surface area contributed by atoms with Crippen LogP contribution in [-0.4, -0.2) is 52.2 Å². The van der Waals surface area contributed by atoms with Crippen molar-refractivity contribution in [2.45, 2.75) is 29.7 Å². The Morgan fingerprint density at radius 2 is 2.00 bits per heavy atom. The predicted octanol–water partition coefficient (Wildman–Crippen LogP) is 2.65. The number of imidazole rings is 1. The molecule has 0 saturated heterocycles. The summed E-state index contributed by atoms with van der Waals surface area (Å²) in [4.78, 5) is 17.9. The molecule has 4 rings (SSSR count). The second-order valence-corrected chi connectivity index (χ2v) is 8.95. The van der Waals surface area contributed by atoms with Crippen LogP contribution in [0, 0.1) is 0 Å². The van der Waals surface area contributed by atoms with Crippen LogP contribution in [0.1, 0.15) is 30.9 Å². The molecule has 0 amide bonds. The molecule has 8 nitrogen and oxygen atoms in total. The molecule has 0 spiro atoms. The molecule has 2 N–H and O–H groups in total. The van der Waals surface area contributed by atoms with Crippen molar-refractivity contribution in [2.75, 3.05) is 18.2 Å². The van der Waals surface area contributed by atoms with Crippen molar-refractivity contribution >= 4 is 51.4 Å². The van der Waals surface area contributed by atoms with Crippen LogP contribution in [0.3, 0.4) is 0 Å². The fourth-order valence-electron chi connectivity index (χ4n) is 3.41. The number of anilines is 1. The number of aryl methyl sites for hydroxylation is 1. The van der Waals surface area contributed by atoms with Crippen LogP contribution in [0.5, 0.6) is 0 Å². The monoisotopic (exact) mass is 432 g/mol. The van der Waals surface area contributed by atoms with E-state index in [4.69, 9.17) is 11.6 Å². The molecule has 29 heavy (non-hydrogen) atoms. The van der Waals surface area contributed by atoms with Gasteiger partial charge in [0.15, 0.2) is 11.5 Å². The fraction of sp³-hybridized carbons (Fsp3) is 0.368. The molecule has 3 aromatic rings. The second kappa shape index (κ2) is 7.81. The van der Waals surface area contributed by atoms with Gasteiger partial charge in [0, 0.05) is 31.9 Å². The summed E-state index contributed by atoms with van der Waals surface area (Å²) >= 11 is 5.82. The van der Waals surface area contributed by atoms with Gasteiger partial charge >= 0.3 is 0 Å². The summed E-state index contributed by atoms with van der Waals surface area (Å²) in [5.74, 6) is 1.16. The van der Waals surface area contributed by atoms with E-state index in [1.165, 1.54) is 12.4 Å². The van der Waals surface area contributed by atoms with E-state index >= 15 is 0 Å². The van der Waals surface area contributed by atoms with Crippen LogP contribution >= 0.6 is 11.6 Å². The molecular formula is C19H21ClN6O2S. The van der Waals surface area contributed by atoms with Crippen molar-refractivity contribution in [1.29, 1.82) is 0 Å². The van der Waals surface area contributed by atoms with Gasteiger partial charge in [-0.2, -0.15) is 0 Å². The number of nitrogens with zero attached hydrogens (tertiary/aromatic N) is 5. The zero-order valence-electron chi connectivity index (χ0n) is 16.1. The topological polar surface area (TPSA) is 106 Å². The SMILES string of the molecule is Cn1c(/C=C/c2ncc(Cl)cn2)nc2ncc(S(C)=O)c(NC3(CO)CCC3)c21. The average molecular weight is 433 g/mol. The lowest BCUT2D eigenvalue weighted by molar-refractivity contribution is 0.144. The molecule has 1 atom stereocenters. The molecule has 3 aromatic heterocycles. The van der Waals surface area contributed by atoms with Crippen molar-refractivity contribution in [3.8, 4) is 0 Å². The van der Waals surface area contributed by atoms with Crippen LogP contribution < -0.4 is 5.32 Å². The third-order valence-corrected chi connectivity index (χ3v) is 6.36. The van der Waals surface area contributed by atoms with E-state index in [0.717, 1.165) is 24.8 Å². The largest absolute Gasteiger partial charge is 0.394 e. The Morgan fingerprint density at radius 1 is 1.28 bits per heavy atom. The third kappa shape index (κ3) is 3.77. The maximum atomic E-state index is 12.3. The van der Waals surface area contributed by atoms with Gasteiger partial charge in [-0.3, -0.25) is 4.21 Å². The molecule has 1 saturated carbocycles. The molecule has 0 aromatic carbocycles. The highest BCUT2D eigenvalue weighted by Gasteiger charge is 2.37. The lowest BCUT2D eigenvalue weighted by Gasteiger charge is -2.42. The summed E-state index contributed by atoms with van der Waals surface area (Å²) in [7, 11) is 0.630. The normalized spacial score (nSPS) is 16.8. The molecule has 1 aliphatic carbocycles. The Hall–Kier alpha value is -2.36. The number of aliphatic hydroxyl groups excluding tert-OH is 1. The zero-order chi connectivity index (χ0) is 20.6. The fourth-order valence-corrected chi connectivity index (χ4v) is 4.14. The minimum Gasteiger partial charge on any atom is -0.394 e. The second-order valence-electron chi connectivity index (χ2n) is 7.16. The van der Waals surface area contributed by atoms with E-state index in [-0.39, 0.29) is 12.1 Å². The number of rotatable bonds is 6. The number of halogens is 1. The number of hydrogen-bond donors (Lipinski definition) is 2.